The van der Waals surface area contributed by atoms with E-state index in [4.69, 9.17) is 4.74 Å². The van der Waals surface area contributed by atoms with Crippen LogP contribution in [0.2, 0.25) is 0 Å². The number of hydrogen-bond donors (Lipinski definition) is 1. The van der Waals surface area contributed by atoms with Crippen LogP contribution in [0, 0.1) is 5.92 Å². The summed E-state index contributed by atoms with van der Waals surface area (Å²) in [5.41, 5.74) is 2.71. The zero-order valence-electron chi connectivity index (χ0n) is 12.9. The minimum Gasteiger partial charge on any atom is -0.487 e. The lowest BCUT2D eigenvalue weighted by Crippen LogP contribution is -2.24. The minimum atomic E-state index is -0.0489. The van der Waals surface area contributed by atoms with Gasteiger partial charge in [-0.1, -0.05) is 32.9 Å². The molecule has 1 heterocycles. The second-order valence-electron chi connectivity index (χ2n) is 6.65. The van der Waals surface area contributed by atoms with Gasteiger partial charge in [0.2, 0.25) is 0 Å². The molecule has 1 aliphatic rings. The van der Waals surface area contributed by atoms with Gasteiger partial charge < -0.3 is 10.1 Å². The Morgan fingerprint density at radius 2 is 2.05 bits per heavy atom. The Hall–Kier alpha value is -1.02. The van der Waals surface area contributed by atoms with Crippen molar-refractivity contribution in [3.63, 3.8) is 0 Å². The SMILES string of the molecule is CCNC(CC(C)C)c1ccc2c(c1)CC(C)(C)O2. The maximum Gasteiger partial charge on any atom is 0.123 e. The molecule has 0 fully saturated rings. The van der Waals surface area contributed by atoms with Crippen LogP contribution in [0.5, 0.6) is 5.75 Å². The van der Waals surface area contributed by atoms with Gasteiger partial charge in [0, 0.05) is 12.5 Å². The Morgan fingerprint density at radius 3 is 2.68 bits per heavy atom. The Balaban J connectivity index is 2.21. The number of ether oxygens (including phenoxy) is 1. The van der Waals surface area contributed by atoms with E-state index in [2.05, 4.69) is 58.1 Å². The molecule has 1 aromatic rings. The third-order valence-corrected chi connectivity index (χ3v) is 3.65. The van der Waals surface area contributed by atoms with Crippen molar-refractivity contribution in [3.05, 3.63) is 29.3 Å². The van der Waals surface area contributed by atoms with Crippen molar-refractivity contribution >= 4 is 0 Å². The maximum atomic E-state index is 5.95. The Labute approximate surface area is 117 Å². The van der Waals surface area contributed by atoms with E-state index in [0.29, 0.717) is 12.0 Å². The molecule has 0 spiro atoms. The van der Waals surface area contributed by atoms with Crippen LogP contribution in [0.25, 0.3) is 0 Å². The van der Waals surface area contributed by atoms with Gasteiger partial charge in [0.25, 0.3) is 0 Å². The second-order valence-corrected chi connectivity index (χ2v) is 6.65. The van der Waals surface area contributed by atoms with Gasteiger partial charge in [0.1, 0.15) is 11.4 Å². The van der Waals surface area contributed by atoms with Crippen molar-refractivity contribution in [3.8, 4) is 5.75 Å². The first-order valence-electron chi connectivity index (χ1n) is 7.46. The molecule has 1 unspecified atom stereocenters. The smallest absolute Gasteiger partial charge is 0.123 e. The average Bonchev–Trinajstić information content (AvgIpc) is 2.60. The van der Waals surface area contributed by atoms with E-state index in [9.17, 15) is 0 Å². The van der Waals surface area contributed by atoms with E-state index in [1.54, 1.807) is 0 Å². The summed E-state index contributed by atoms with van der Waals surface area (Å²) < 4.78 is 5.95. The van der Waals surface area contributed by atoms with Crippen LogP contribution in [0.15, 0.2) is 18.2 Å². The molecule has 19 heavy (non-hydrogen) atoms. The number of rotatable bonds is 5. The van der Waals surface area contributed by atoms with E-state index < -0.39 is 0 Å². The molecule has 2 rings (SSSR count). The van der Waals surface area contributed by atoms with Gasteiger partial charge in [0.05, 0.1) is 0 Å². The Morgan fingerprint density at radius 1 is 1.32 bits per heavy atom. The highest BCUT2D eigenvalue weighted by Gasteiger charge is 2.30. The summed E-state index contributed by atoms with van der Waals surface area (Å²) in [5.74, 6) is 1.76. The first-order valence-corrected chi connectivity index (χ1v) is 7.46. The second kappa shape index (κ2) is 5.54. The van der Waals surface area contributed by atoms with Gasteiger partial charge in [0.15, 0.2) is 0 Å². The topological polar surface area (TPSA) is 21.3 Å². The molecule has 0 saturated heterocycles. The average molecular weight is 261 g/mol. The van der Waals surface area contributed by atoms with Crippen LogP contribution in [-0.2, 0) is 6.42 Å². The van der Waals surface area contributed by atoms with Gasteiger partial charge in [-0.05, 0) is 49.9 Å². The summed E-state index contributed by atoms with van der Waals surface area (Å²) in [6, 6.07) is 7.15. The summed E-state index contributed by atoms with van der Waals surface area (Å²) in [6.07, 6.45) is 2.19. The number of benzene rings is 1. The highest BCUT2D eigenvalue weighted by atomic mass is 16.5. The van der Waals surface area contributed by atoms with Gasteiger partial charge >= 0.3 is 0 Å². The van der Waals surface area contributed by atoms with E-state index in [1.807, 2.05) is 0 Å². The van der Waals surface area contributed by atoms with Crippen LogP contribution >= 0.6 is 0 Å². The zero-order valence-corrected chi connectivity index (χ0v) is 12.9. The molecule has 0 saturated carbocycles. The molecule has 0 radical (unpaired) electrons. The molecule has 1 N–H and O–H groups in total. The van der Waals surface area contributed by atoms with Gasteiger partial charge in [-0.15, -0.1) is 0 Å². The van der Waals surface area contributed by atoms with Crippen molar-refractivity contribution in [1.82, 2.24) is 5.32 Å². The molecule has 1 aliphatic heterocycles. The highest BCUT2D eigenvalue weighted by Crippen LogP contribution is 2.36. The normalized spacial score (nSPS) is 18.2. The minimum absolute atomic E-state index is 0.0489. The van der Waals surface area contributed by atoms with Gasteiger partial charge in [-0.2, -0.15) is 0 Å². The third kappa shape index (κ3) is 3.50. The van der Waals surface area contributed by atoms with Crippen LogP contribution in [0.4, 0.5) is 0 Å². The van der Waals surface area contributed by atoms with Gasteiger partial charge in [-0.25, -0.2) is 0 Å². The van der Waals surface area contributed by atoms with Crippen molar-refractivity contribution < 1.29 is 4.74 Å². The number of fused-ring (bicyclic) bond motifs is 1. The van der Waals surface area contributed by atoms with Crippen LogP contribution < -0.4 is 10.1 Å². The van der Waals surface area contributed by atoms with Crippen LogP contribution in [-0.4, -0.2) is 12.1 Å². The fourth-order valence-corrected chi connectivity index (χ4v) is 2.90. The summed E-state index contributed by atoms with van der Waals surface area (Å²) in [7, 11) is 0. The fourth-order valence-electron chi connectivity index (χ4n) is 2.90. The maximum absolute atomic E-state index is 5.95. The zero-order chi connectivity index (χ0) is 14.0. The van der Waals surface area contributed by atoms with E-state index >= 15 is 0 Å². The number of hydrogen-bond acceptors (Lipinski definition) is 2. The van der Waals surface area contributed by atoms with E-state index in [0.717, 1.165) is 18.7 Å². The lowest BCUT2D eigenvalue weighted by atomic mass is 9.93. The van der Waals surface area contributed by atoms with Gasteiger partial charge in [-0.3, -0.25) is 0 Å². The Kier molecular flexibility index (Phi) is 4.19. The summed E-state index contributed by atoms with van der Waals surface area (Å²) in [6.45, 7) is 12.1. The monoisotopic (exact) mass is 261 g/mol. The molecule has 106 valence electrons. The molecular formula is C17H27NO. The van der Waals surface area contributed by atoms with Crippen LogP contribution in [0.1, 0.15) is 58.2 Å². The summed E-state index contributed by atoms with van der Waals surface area (Å²) in [4.78, 5) is 0. The molecule has 2 nitrogen and oxygen atoms in total. The predicted molar refractivity (Wildman–Crippen MR) is 80.7 cm³/mol. The quantitative estimate of drug-likeness (QED) is 0.861. The molecule has 0 aromatic heterocycles. The molecular weight excluding hydrogens is 234 g/mol. The summed E-state index contributed by atoms with van der Waals surface area (Å²) >= 11 is 0. The molecule has 0 bridgehead atoms. The lowest BCUT2D eigenvalue weighted by molar-refractivity contribution is 0.138. The molecule has 0 aliphatic carbocycles. The van der Waals surface area contributed by atoms with E-state index in [-0.39, 0.29) is 5.60 Å². The first-order chi connectivity index (χ1) is 8.91. The van der Waals surface area contributed by atoms with Crippen molar-refractivity contribution in [2.24, 2.45) is 5.92 Å². The van der Waals surface area contributed by atoms with Crippen molar-refractivity contribution in [2.75, 3.05) is 6.54 Å². The molecule has 0 amide bonds. The fraction of sp³-hybridized carbons (Fsp3) is 0.647. The Bertz CT molecular complexity index is 437. The first kappa shape index (κ1) is 14.4. The summed E-state index contributed by atoms with van der Waals surface area (Å²) in [5, 5.41) is 3.60. The standard InChI is InChI=1S/C17H27NO/c1-6-18-15(9-12(2)3)13-7-8-16-14(10-13)11-17(4,5)19-16/h7-8,10,12,15,18H,6,9,11H2,1-5H3. The predicted octanol–water partition coefficient (Wildman–Crippen LogP) is 4.10. The largest absolute Gasteiger partial charge is 0.487 e. The lowest BCUT2D eigenvalue weighted by Gasteiger charge is -2.21. The third-order valence-electron chi connectivity index (χ3n) is 3.65. The number of nitrogens with one attached hydrogen (secondary N) is 1. The molecule has 2 heteroatoms. The molecule has 1 aromatic carbocycles. The van der Waals surface area contributed by atoms with E-state index in [1.165, 1.54) is 17.5 Å². The van der Waals surface area contributed by atoms with Crippen LogP contribution in [0.3, 0.4) is 0 Å². The highest BCUT2D eigenvalue weighted by molar-refractivity contribution is 5.42. The van der Waals surface area contributed by atoms with Crippen molar-refractivity contribution in [1.29, 1.82) is 0 Å². The van der Waals surface area contributed by atoms with Crippen molar-refractivity contribution in [2.45, 2.75) is 59.1 Å². The molecule has 1 atom stereocenters.